The summed E-state index contributed by atoms with van der Waals surface area (Å²) in [4.78, 5) is 29.0. The lowest BCUT2D eigenvalue weighted by Gasteiger charge is -2.09. The molecule has 0 unspecified atom stereocenters. The van der Waals surface area contributed by atoms with Crippen molar-refractivity contribution in [1.82, 2.24) is 14.9 Å². The molecule has 25 heavy (non-hydrogen) atoms. The smallest absolute Gasteiger partial charge is 0.261 e. The van der Waals surface area contributed by atoms with Crippen LogP contribution in [-0.2, 0) is 24.8 Å². The molecule has 3 aromatic rings. The summed E-state index contributed by atoms with van der Waals surface area (Å²) in [6.07, 6.45) is 0.723. The second-order valence-electron chi connectivity index (χ2n) is 6.17. The number of hydrogen-bond donors (Lipinski definition) is 1. The maximum atomic E-state index is 12.4. The zero-order valence-electron chi connectivity index (χ0n) is 14.5. The molecule has 0 radical (unpaired) electrons. The summed E-state index contributed by atoms with van der Waals surface area (Å²) >= 11 is 0. The number of benzene rings is 2. The van der Waals surface area contributed by atoms with Gasteiger partial charge < -0.3 is 5.32 Å². The number of fused-ring (bicyclic) bond motifs is 1. The number of carbonyl (C=O) groups is 1. The molecule has 1 amide bonds. The molecule has 0 spiro atoms. The van der Waals surface area contributed by atoms with Crippen LogP contribution in [0.4, 0.5) is 0 Å². The van der Waals surface area contributed by atoms with E-state index in [0.717, 1.165) is 5.56 Å². The standard InChI is InChI=1S/C20H21N3O2/c1-14-7-9-15(10-8-14)13-21-19(24)12-11-18-22-17-6-4-3-5-16(17)20(25)23(18)2/h3-10H,11-13H2,1-2H3,(H,21,24). The summed E-state index contributed by atoms with van der Waals surface area (Å²) in [6, 6.07) is 15.3. The van der Waals surface area contributed by atoms with Gasteiger partial charge in [0.1, 0.15) is 5.82 Å². The number of para-hydroxylation sites is 1. The van der Waals surface area contributed by atoms with E-state index in [-0.39, 0.29) is 11.5 Å². The van der Waals surface area contributed by atoms with Gasteiger partial charge in [0.05, 0.1) is 10.9 Å². The Bertz CT molecular complexity index is 959. The molecule has 0 aliphatic carbocycles. The third kappa shape index (κ3) is 3.94. The van der Waals surface area contributed by atoms with Crippen molar-refractivity contribution in [3.05, 3.63) is 75.8 Å². The first-order valence-corrected chi connectivity index (χ1v) is 8.31. The van der Waals surface area contributed by atoms with Gasteiger partial charge >= 0.3 is 0 Å². The van der Waals surface area contributed by atoms with Gasteiger partial charge in [0, 0.05) is 26.4 Å². The molecule has 0 saturated heterocycles. The van der Waals surface area contributed by atoms with Crippen molar-refractivity contribution in [2.75, 3.05) is 0 Å². The van der Waals surface area contributed by atoms with Gasteiger partial charge in [0.25, 0.3) is 5.56 Å². The maximum absolute atomic E-state index is 12.4. The van der Waals surface area contributed by atoms with Gasteiger partial charge in [-0.3, -0.25) is 14.2 Å². The van der Waals surface area contributed by atoms with Gasteiger partial charge in [0.15, 0.2) is 0 Å². The fourth-order valence-corrected chi connectivity index (χ4v) is 2.71. The van der Waals surface area contributed by atoms with E-state index in [1.807, 2.05) is 49.4 Å². The van der Waals surface area contributed by atoms with Gasteiger partial charge in [-0.15, -0.1) is 0 Å². The van der Waals surface area contributed by atoms with Crippen LogP contribution < -0.4 is 10.9 Å². The SMILES string of the molecule is Cc1ccc(CNC(=O)CCc2nc3ccccc3c(=O)n2C)cc1. The molecule has 5 heteroatoms. The fourth-order valence-electron chi connectivity index (χ4n) is 2.71. The Morgan fingerprint density at radius 1 is 1.12 bits per heavy atom. The van der Waals surface area contributed by atoms with E-state index < -0.39 is 0 Å². The molecule has 1 heterocycles. The van der Waals surface area contributed by atoms with Crippen molar-refractivity contribution in [3.8, 4) is 0 Å². The Balaban J connectivity index is 1.64. The molecule has 0 atom stereocenters. The zero-order valence-corrected chi connectivity index (χ0v) is 14.5. The minimum Gasteiger partial charge on any atom is -0.352 e. The highest BCUT2D eigenvalue weighted by atomic mass is 16.1. The molecule has 0 bridgehead atoms. The van der Waals surface area contributed by atoms with E-state index in [2.05, 4.69) is 10.3 Å². The maximum Gasteiger partial charge on any atom is 0.261 e. The Morgan fingerprint density at radius 2 is 1.84 bits per heavy atom. The zero-order chi connectivity index (χ0) is 17.8. The number of aryl methyl sites for hydroxylation is 2. The number of aromatic nitrogens is 2. The van der Waals surface area contributed by atoms with Crippen molar-refractivity contribution in [2.45, 2.75) is 26.3 Å². The van der Waals surface area contributed by atoms with Crippen molar-refractivity contribution in [1.29, 1.82) is 0 Å². The second-order valence-corrected chi connectivity index (χ2v) is 6.17. The van der Waals surface area contributed by atoms with Crippen LogP contribution in [0.5, 0.6) is 0 Å². The van der Waals surface area contributed by atoms with Crippen molar-refractivity contribution >= 4 is 16.8 Å². The Hall–Kier alpha value is -2.95. The number of rotatable bonds is 5. The Labute approximate surface area is 146 Å². The van der Waals surface area contributed by atoms with E-state index in [0.29, 0.717) is 36.1 Å². The molecular formula is C20H21N3O2. The van der Waals surface area contributed by atoms with E-state index in [1.165, 1.54) is 10.1 Å². The van der Waals surface area contributed by atoms with Crippen molar-refractivity contribution < 1.29 is 4.79 Å². The normalized spacial score (nSPS) is 10.8. The number of nitrogens with zero attached hydrogens (tertiary/aromatic N) is 2. The van der Waals surface area contributed by atoms with Crippen LogP contribution in [0.1, 0.15) is 23.4 Å². The lowest BCUT2D eigenvalue weighted by molar-refractivity contribution is -0.121. The minimum absolute atomic E-state index is 0.0528. The van der Waals surface area contributed by atoms with Crippen LogP contribution in [-0.4, -0.2) is 15.5 Å². The first-order valence-electron chi connectivity index (χ1n) is 8.31. The van der Waals surface area contributed by atoms with Crippen LogP contribution in [0.25, 0.3) is 10.9 Å². The van der Waals surface area contributed by atoms with Gasteiger partial charge in [-0.25, -0.2) is 4.98 Å². The largest absolute Gasteiger partial charge is 0.352 e. The molecule has 0 fully saturated rings. The molecular weight excluding hydrogens is 314 g/mol. The van der Waals surface area contributed by atoms with Gasteiger partial charge in [-0.2, -0.15) is 0 Å². The summed E-state index contributed by atoms with van der Waals surface area (Å²) in [5, 5.41) is 3.50. The van der Waals surface area contributed by atoms with Gasteiger partial charge in [-0.1, -0.05) is 42.0 Å². The van der Waals surface area contributed by atoms with Crippen LogP contribution in [0.2, 0.25) is 0 Å². The molecule has 0 saturated carbocycles. The lowest BCUT2D eigenvalue weighted by atomic mass is 10.1. The van der Waals surface area contributed by atoms with Crippen LogP contribution in [0.3, 0.4) is 0 Å². The highest BCUT2D eigenvalue weighted by Crippen LogP contribution is 2.08. The summed E-state index contributed by atoms with van der Waals surface area (Å²) in [6.45, 7) is 2.53. The van der Waals surface area contributed by atoms with Gasteiger partial charge in [0.2, 0.25) is 5.91 Å². The summed E-state index contributed by atoms with van der Waals surface area (Å²) in [5.74, 6) is 0.567. The predicted molar refractivity (Wildman–Crippen MR) is 98.3 cm³/mol. The monoisotopic (exact) mass is 335 g/mol. The quantitative estimate of drug-likeness (QED) is 0.779. The van der Waals surface area contributed by atoms with Gasteiger partial charge in [-0.05, 0) is 24.6 Å². The predicted octanol–water partition coefficient (Wildman–Crippen LogP) is 2.49. The average Bonchev–Trinajstić information content (AvgIpc) is 2.63. The molecule has 1 N–H and O–H groups in total. The minimum atomic E-state index is -0.0827. The van der Waals surface area contributed by atoms with E-state index >= 15 is 0 Å². The Morgan fingerprint density at radius 3 is 2.60 bits per heavy atom. The van der Waals surface area contributed by atoms with Crippen molar-refractivity contribution in [3.63, 3.8) is 0 Å². The molecule has 1 aromatic heterocycles. The molecule has 0 aliphatic rings. The molecule has 3 rings (SSSR count). The topological polar surface area (TPSA) is 64.0 Å². The summed E-state index contributed by atoms with van der Waals surface area (Å²) < 4.78 is 1.52. The summed E-state index contributed by atoms with van der Waals surface area (Å²) in [7, 11) is 1.70. The molecule has 128 valence electrons. The first kappa shape index (κ1) is 16.9. The number of hydrogen-bond acceptors (Lipinski definition) is 3. The summed E-state index contributed by atoms with van der Waals surface area (Å²) in [5.41, 5.74) is 2.84. The van der Waals surface area contributed by atoms with E-state index in [9.17, 15) is 9.59 Å². The Kier molecular flexibility index (Phi) is 4.93. The fraction of sp³-hybridized carbons (Fsp3) is 0.250. The number of amides is 1. The first-order chi connectivity index (χ1) is 12.0. The van der Waals surface area contributed by atoms with Crippen LogP contribution in [0, 0.1) is 6.92 Å². The number of nitrogens with one attached hydrogen (secondary N) is 1. The average molecular weight is 335 g/mol. The van der Waals surface area contributed by atoms with Crippen LogP contribution in [0.15, 0.2) is 53.3 Å². The van der Waals surface area contributed by atoms with Crippen molar-refractivity contribution in [2.24, 2.45) is 7.05 Å². The highest BCUT2D eigenvalue weighted by molar-refractivity contribution is 5.78. The van der Waals surface area contributed by atoms with Crippen LogP contribution >= 0.6 is 0 Å². The van der Waals surface area contributed by atoms with E-state index in [4.69, 9.17) is 0 Å². The highest BCUT2D eigenvalue weighted by Gasteiger charge is 2.10. The number of carbonyl (C=O) groups excluding carboxylic acids is 1. The molecule has 5 nitrogen and oxygen atoms in total. The third-order valence-electron chi connectivity index (χ3n) is 4.26. The molecule has 0 aliphatic heterocycles. The third-order valence-corrected chi connectivity index (χ3v) is 4.26. The molecule has 2 aromatic carbocycles. The second kappa shape index (κ2) is 7.30. The lowest BCUT2D eigenvalue weighted by Crippen LogP contribution is -2.26. The van der Waals surface area contributed by atoms with E-state index in [1.54, 1.807) is 13.1 Å².